The molecule has 0 spiro atoms. The molecule has 0 amide bonds. The first-order valence-electron chi connectivity index (χ1n) is 6.56. The zero-order chi connectivity index (χ0) is 15.9. The van der Waals surface area contributed by atoms with Gasteiger partial charge in [0, 0.05) is 12.2 Å². The second-order valence-corrected chi connectivity index (χ2v) is 4.42. The van der Waals surface area contributed by atoms with Gasteiger partial charge in [-0.05, 0) is 25.5 Å². The maximum atomic E-state index is 12.7. The molecule has 0 aliphatic heterocycles. The molecule has 1 heterocycles. The Balaban J connectivity index is 2.52. The summed E-state index contributed by atoms with van der Waals surface area (Å²) in [7, 11) is 0. The van der Waals surface area contributed by atoms with E-state index >= 15 is 0 Å². The first kappa shape index (κ1) is 17.1. The van der Waals surface area contributed by atoms with Gasteiger partial charge in [-0.15, -0.1) is 0 Å². The maximum absolute atomic E-state index is 12.7. The second-order valence-electron chi connectivity index (χ2n) is 4.42. The monoisotopic (exact) mass is 304 g/mol. The Kier molecular flexibility index (Phi) is 6.26. The van der Waals surface area contributed by atoms with Crippen LogP contribution in [0, 0.1) is 0 Å². The van der Waals surface area contributed by atoms with E-state index in [0.29, 0.717) is 0 Å². The van der Waals surface area contributed by atoms with Gasteiger partial charge in [0.05, 0.1) is 6.54 Å². The zero-order valence-electron chi connectivity index (χ0n) is 11.9. The lowest BCUT2D eigenvalue weighted by Crippen LogP contribution is -2.38. The van der Waals surface area contributed by atoms with Crippen LogP contribution < -0.4 is 15.8 Å². The number of nitrogens with two attached hydrogens (primary N) is 1. The molecule has 1 atom stereocenters. The number of hydrogen-bond donors (Lipinski definition) is 2. The van der Waals surface area contributed by atoms with Crippen molar-refractivity contribution in [3.05, 3.63) is 23.9 Å². The molecule has 0 bridgehead atoms. The minimum Gasteiger partial charge on any atom is -0.475 e. The van der Waals surface area contributed by atoms with Crippen LogP contribution >= 0.6 is 0 Å². The Bertz CT molecular complexity index is 477. The van der Waals surface area contributed by atoms with Crippen LogP contribution in [-0.4, -0.2) is 30.1 Å². The number of halogens is 3. The van der Waals surface area contributed by atoms with Gasteiger partial charge in [-0.2, -0.15) is 13.2 Å². The van der Waals surface area contributed by atoms with Crippen LogP contribution in [0.15, 0.2) is 23.3 Å². The van der Waals surface area contributed by atoms with Gasteiger partial charge in [0.15, 0.2) is 5.96 Å². The fourth-order valence-corrected chi connectivity index (χ4v) is 1.43. The highest BCUT2D eigenvalue weighted by Gasteiger charge is 2.34. The van der Waals surface area contributed by atoms with Crippen LogP contribution in [0.1, 0.15) is 25.8 Å². The van der Waals surface area contributed by atoms with Crippen LogP contribution in [0.5, 0.6) is 5.88 Å². The number of ether oxygens (including phenoxy) is 1. The molecule has 1 unspecified atom stereocenters. The Hall–Kier alpha value is -1.99. The molecule has 21 heavy (non-hydrogen) atoms. The molecule has 1 aromatic heterocycles. The van der Waals surface area contributed by atoms with E-state index in [9.17, 15) is 13.2 Å². The van der Waals surface area contributed by atoms with Gasteiger partial charge < -0.3 is 15.8 Å². The van der Waals surface area contributed by atoms with Crippen molar-refractivity contribution in [2.45, 2.75) is 32.5 Å². The molecule has 0 aliphatic carbocycles. The van der Waals surface area contributed by atoms with Gasteiger partial charge in [0.2, 0.25) is 5.88 Å². The van der Waals surface area contributed by atoms with Gasteiger partial charge in [-0.3, -0.25) is 0 Å². The summed E-state index contributed by atoms with van der Waals surface area (Å²) < 4.78 is 43.1. The van der Waals surface area contributed by atoms with E-state index in [1.807, 2.05) is 13.8 Å². The number of nitrogens with zero attached hydrogens (tertiary/aromatic N) is 2. The number of guanidine groups is 1. The van der Waals surface area contributed by atoms with Gasteiger partial charge >= 0.3 is 6.18 Å². The molecule has 0 aromatic carbocycles. The van der Waals surface area contributed by atoms with E-state index in [4.69, 9.17) is 10.5 Å². The third-order valence-corrected chi connectivity index (χ3v) is 2.70. The minimum absolute atomic E-state index is 0.0387. The average Bonchev–Trinajstić information content (AvgIpc) is 2.42. The zero-order valence-corrected chi connectivity index (χ0v) is 11.9. The van der Waals surface area contributed by atoms with E-state index in [2.05, 4.69) is 15.3 Å². The molecule has 0 saturated heterocycles. The molecule has 118 valence electrons. The van der Waals surface area contributed by atoms with Crippen molar-refractivity contribution in [3.63, 3.8) is 0 Å². The summed E-state index contributed by atoms with van der Waals surface area (Å²) in [6.45, 7) is 4.04. The molecule has 1 rings (SSSR count). The fourth-order valence-electron chi connectivity index (χ4n) is 1.43. The largest absolute Gasteiger partial charge is 0.475 e. The van der Waals surface area contributed by atoms with E-state index in [1.54, 1.807) is 0 Å². The number of hydrogen-bond acceptors (Lipinski definition) is 3. The molecule has 5 nitrogen and oxygen atoms in total. The van der Waals surface area contributed by atoms with Crippen LogP contribution in [0.2, 0.25) is 0 Å². The van der Waals surface area contributed by atoms with Gasteiger partial charge in [0.25, 0.3) is 0 Å². The van der Waals surface area contributed by atoms with E-state index in [-0.39, 0.29) is 25.2 Å². The number of rotatable bonds is 6. The Morgan fingerprint density at radius 3 is 2.86 bits per heavy atom. The third kappa shape index (κ3) is 5.88. The van der Waals surface area contributed by atoms with Crippen molar-refractivity contribution in [1.82, 2.24) is 10.3 Å². The SMILES string of the molecule is CCC(C)NC(N)=NCCOc1ncccc1C(F)(F)F. The quantitative estimate of drug-likeness (QED) is 0.480. The Morgan fingerprint density at radius 1 is 1.52 bits per heavy atom. The highest BCUT2D eigenvalue weighted by molar-refractivity contribution is 5.78. The van der Waals surface area contributed by atoms with Gasteiger partial charge in [0.1, 0.15) is 12.2 Å². The minimum atomic E-state index is -4.50. The number of aliphatic imine (C=N–C) groups is 1. The smallest absolute Gasteiger partial charge is 0.421 e. The number of pyridine rings is 1. The molecule has 1 aromatic rings. The first-order valence-corrected chi connectivity index (χ1v) is 6.56. The Labute approximate surface area is 121 Å². The summed E-state index contributed by atoms with van der Waals surface area (Å²) in [5.74, 6) is -0.210. The lowest BCUT2D eigenvalue weighted by atomic mass is 10.2. The molecule has 3 N–H and O–H groups in total. The normalized spacial score (nSPS) is 13.9. The maximum Gasteiger partial charge on any atom is 0.421 e. The van der Waals surface area contributed by atoms with Crippen molar-refractivity contribution in [1.29, 1.82) is 0 Å². The summed E-state index contributed by atoms with van der Waals surface area (Å²) >= 11 is 0. The van der Waals surface area contributed by atoms with Crippen molar-refractivity contribution in [2.75, 3.05) is 13.2 Å². The lowest BCUT2D eigenvalue weighted by molar-refractivity contribution is -0.139. The van der Waals surface area contributed by atoms with Crippen molar-refractivity contribution in [3.8, 4) is 5.88 Å². The van der Waals surface area contributed by atoms with Crippen molar-refractivity contribution >= 4 is 5.96 Å². The summed E-state index contributed by atoms with van der Waals surface area (Å²) in [5.41, 5.74) is 4.71. The molecule has 0 saturated carbocycles. The van der Waals surface area contributed by atoms with Crippen molar-refractivity contribution in [2.24, 2.45) is 10.7 Å². The van der Waals surface area contributed by atoms with Crippen LogP contribution in [0.3, 0.4) is 0 Å². The van der Waals surface area contributed by atoms with Crippen LogP contribution in [0.25, 0.3) is 0 Å². The molecule has 0 radical (unpaired) electrons. The summed E-state index contributed by atoms with van der Waals surface area (Å²) in [5, 5.41) is 2.94. The van der Waals surface area contributed by atoms with Gasteiger partial charge in [-0.1, -0.05) is 6.92 Å². The Morgan fingerprint density at radius 2 is 2.24 bits per heavy atom. The number of alkyl halides is 3. The molecular formula is C13H19F3N4O. The first-order chi connectivity index (χ1) is 9.84. The summed E-state index contributed by atoms with van der Waals surface area (Å²) in [4.78, 5) is 7.55. The molecule has 0 fully saturated rings. The molecule has 8 heteroatoms. The fraction of sp³-hybridized carbons (Fsp3) is 0.538. The van der Waals surface area contributed by atoms with Crippen molar-refractivity contribution < 1.29 is 17.9 Å². The second kappa shape index (κ2) is 7.70. The van der Waals surface area contributed by atoms with Crippen LogP contribution in [0.4, 0.5) is 13.2 Å². The predicted molar refractivity (Wildman–Crippen MR) is 74.1 cm³/mol. The summed E-state index contributed by atoms with van der Waals surface area (Å²) in [6, 6.07) is 2.31. The molecular weight excluding hydrogens is 285 g/mol. The number of aromatic nitrogens is 1. The topological polar surface area (TPSA) is 72.5 Å². The highest BCUT2D eigenvalue weighted by Crippen LogP contribution is 2.34. The van der Waals surface area contributed by atoms with E-state index in [1.165, 1.54) is 12.3 Å². The molecule has 0 aliphatic rings. The van der Waals surface area contributed by atoms with E-state index < -0.39 is 17.6 Å². The number of nitrogens with one attached hydrogen (secondary N) is 1. The predicted octanol–water partition coefficient (Wildman–Crippen LogP) is 2.18. The third-order valence-electron chi connectivity index (χ3n) is 2.70. The van der Waals surface area contributed by atoms with E-state index in [0.717, 1.165) is 12.5 Å². The van der Waals surface area contributed by atoms with Crippen LogP contribution in [-0.2, 0) is 6.18 Å². The lowest BCUT2D eigenvalue weighted by Gasteiger charge is -2.13. The summed E-state index contributed by atoms with van der Waals surface area (Å²) in [6.07, 6.45) is -2.37. The highest BCUT2D eigenvalue weighted by atomic mass is 19.4. The van der Waals surface area contributed by atoms with Gasteiger partial charge in [-0.25, -0.2) is 9.98 Å². The average molecular weight is 304 g/mol. The standard InChI is InChI=1S/C13H19F3N4O/c1-3-9(2)20-12(17)19-7-8-21-11-10(13(14,15)16)5-4-6-18-11/h4-6,9H,3,7-8H2,1-2H3,(H3,17,19,20).